The van der Waals surface area contributed by atoms with Crippen LogP contribution in [0.5, 0.6) is 0 Å². The van der Waals surface area contributed by atoms with Gasteiger partial charge >= 0.3 is 5.97 Å². The van der Waals surface area contributed by atoms with E-state index in [2.05, 4.69) is 10.6 Å². The maximum atomic E-state index is 11.5. The highest BCUT2D eigenvalue weighted by Crippen LogP contribution is 2.05. The Hall–Kier alpha value is -1.14. The van der Waals surface area contributed by atoms with E-state index in [4.69, 9.17) is 10.2 Å². The smallest absolute Gasteiger partial charge is 0.326 e. The molecule has 1 saturated heterocycles. The Balaban J connectivity index is 2.42. The van der Waals surface area contributed by atoms with E-state index >= 15 is 0 Å². The molecule has 1 unspecified atom stereocenters. The van der Waals surface area contributed by atoms with Crippen molar-refractivity contribution in [3.05, 3.63) is 0 Å². The minimum atomic E-state index is -1.12. The zero-order valence-electron chi connectivity index (χ0n) is 8.40. The largest absolute Gasteiger partial charge is 0.480 e. The Labute approximate surface area is 87.7 Å². The van der Waals surface area contributed by atoms with Gasteiger partial charge in [-0.05, 0) is 19.4 Å². The van der Waals surface area contributed by atoms with Gasteiger partial charge in [0.1, 0.15) is 6.04 Å². The molecule has 0 aromatic carbocycles. The van der Waals surface area contributed by atoms with Crippen molar-refractivity contribution in [3.63, 3.8) is 0 Å². The molecule has 0 saturated carbocycles. The van der Waals surface area contributed by atoms with Gasteiger partial charge in [-0.25, -0.2) is 4.79 Å². The number of aliphatic hydroxyl groups excluding tert-OH is 1. The fraction of sp³-hybridized carbons (Fsp3) is 0.778. The molecule has 1 aliphatic rings. The van der Waals surface area contributed by atoms with Gasteiger partial charge in [0.2, 0.25) is 5.91 Å². The van der Waals surface area contributed by atoms with Crippen molar-refractivity contribution in [2.75, 3.05) is 13.2 Å². The lowest BCUT2D eigenvalue weighted by atomic mass is 10.1. The average molecular weight is 216 g/mol. The number of aliphatic carboxylic acids is 1. The predicted octanol–water partition coefficient (Wildman–Crippen LogP) is -1.31. The molecule has 0 bridgehead atoms. The van der Waals surface area contributed by atoms with Crippen LogP contribution in [0.4, 0.5) is 0 Å². The summed E-state index contributed by atoms with van der Waals surface area (Å²) in [5.74, 6) is -1.41. The van der Waals surface area contributed by atoms with Crippen molar-refractivity contribution in [2.45, 2.75) is 31.3 Å². The van der Waals surface area contributed by atoms with Gasteiger partial charge < -0.3 is 20.8 Å². The molecule has 1 rings (SSSR count). The second-order valence-corrected chi connectivity index (χ2v) is 3.56. The van der Waals surface area contributed by atoms with E-state index in [0.29, 0.717) is 0 Å². The second-order valence-electron chi connectivity index (χ2n) is 3.56. The van der Waals surface area contributed by atoms with E-state index in [9.17, 15) is 9.59 Å². The number of carbonyl (C=O) groups excluding carboxylic acids is 1. The van der Waals surface area contributed by atoms with Gasteiger partial charge in [0.25, 0.3) is 0 Å². The number of aliphatic hydroxyl groups is 1. The molecule has 0 radical (unpaired) electrons. The van der Waals surface area contributed by atoms with E-state index in [1.807, 2.05) is 0 Å². The highest BCUT2D eigenvalue weighted by molar-refractivity contribution is 5.87. The molecule has 1 aliphatic heterocycles. The molecular weight excluding hydrogens is 200 g/mol. The first-order valence-corrected chi connectivity index (χ1v) is 5.02. The molecule has 0 aliphatic carbocycles. The van der Waals surface area contributed by atoms with Crippen LogP contribution in [0.25, 0.3) is 0 Å². The Morgan fingerprint density at radius 1 is 1.53 bits per heavy atom. The number of hydrogen-bond donors (Lipinski definition) is 4. The maximum absolute atomic E-state index is 11.5. The highest BCUT2D eigenvalue weighted by atomic mass is 16.4. The maximum Gasteiger partial charge on any atom is 0.326 e. The van der Waals surface area contributed by atoms with Crippen LogP contribution in [0.15, 0.2) is 0 Å². The van der Waals surface area contributed by atoms with Crippen LogP contribution in [-0.2, 0) is 9.59 Å². The van der Waals surface area contributed by atoms with E-state index in [1.165, 1.54) is 0 Å². The normalized spacial score (nSPS) is 22.3. The van der Waals surface area contributed by atoms with E-state index < -0.39 is 12.0 Å². The molecular formula is C9H16N2O4. The zero-order valence-corrected chi connectivity index (χ0v) is 8.40. The summed E-state index contributed by atoms with van der Waals surface area (Å²) in [7, 11) is 0. The quantitative estimate of drug-likeness (QED) is 0.457. The summed E-state index contributed by atoms with van der Waals surface area (Å²) in [6.07, 6.45) is 1.70. The van der Waals surface area contributed by atoms with Crippen LogP contribution >= 0.6 is 0 Å². The van der Waals surface area contributed by atoms with Crippen LogP contribution in [0, 0.1) is 0 Å². The van der Waals surface area contributed by atoms with E-state index in [-0.39, 0.29) is 25.0 Å². The van der Waals surface area contributed by atoms with Gasteiger partial charge in [0.15, 0.2) is 0 Å². The molecule has 15 heavy (non-hydrogen) atoms. The highest BCUT2D eigenvalue weighted by Gasteiger charge is 2.26. The summed E-state index contributed by atoms with van der Waals surface area (Å²) in [4.78, 5) is 22.2. The third-order valence-electron chi connectivity index (χ3n) is 2.41. The molecule has 6 nitrogen and oxygen atoms in total. The van der Waals surface area contributed by atoms with Crippen LogP contribution in [0.1, 0.15) is 19.3 Å². The number of amides is 1. The molecule has 6 heteroatoms. The van der Waals surface area contributed by atoms with Crippen molar-refractivity contribution < 1.29 is 19.8 Å². The lowest BCUT2D eigenvalue weighted by Crippen LogP contribution is -2.48. The number of carboxylic acids is 1. The summed E-state index contributed by atoms with van der Waals surface area (Å²) in [6, 6.07) is -1.28. The molecule has 4 N–H and O–H groups in total. The molecule has 0 aromatic rings. The minimum Gasteiger partial charge on any atom is -0.480 e. The molecule has 86 valence electrons. The van der Waals surface area contributed by atoms with Gasteiger partial charge in [-0.15, -0.1) is 0 Å². The predicted molar refractivity (Wildman–Crippen MR) is 52.3 cm³/mol. The molecule has 1 amide bonds. The number of carbonyl (C=O) groups is 2. The molecule has 1 heterocycles. The average Bonchev–Trinajstić information content (AvgIpc) is 2.69. The van der Waals surface area contributed by atoms with Crippen molar-refractivity contribution >= 4 is 11.9 Å². The summed E-state index contributed by atoms with van der Waals surface area (Å²) < 4.78 is 0. The lowest BCUT2D eigenvalue weighted by molar-refractivity contribution is -0.142. The third-order valence-corrected chi connectivity index (χ3v) is 2.41. The molecule has 0 aromatic heterocycles. The fourth-order valence-corrected chi connectivity index (χ4v) is 1.57. The Morgan fingerprint density at radius 3 is 2.73 bits per heavy atom. The first-order chi connectivity index (χ1) is 7.15. The van der Waals surface area contributed by atoms with Crippen LogP contribution in [-0.4, -0.2) is 47.3 Å². The molecule has 0 spiro atoms. The van der Waals surface area contributed by atoms with Crippen molar-refractivity contribution in [1.29, 1.82) is 0 Å². The van der Waals surface area contributed by atoms with Crippen LogP contribution in [0.2, 0.25) is 0 Å². The Bertz CT molecular complexity index is 238. The van der Waals surface area contributed by atoms with Gasteiger partial charge in [0, 0.05) is 13.0 Å². The van der Waals surface area contributed by atoms with E-state index in [0.717, 1.165) is 19.4 Å². The number of nitrogens with one attached hydrogen (secondary N) is 2. The number of carboxylic acid groups (broad SMARTS) is 1. The van der Waals surface area contributed by atoms with Crippen molar-refractivity contribution in [3.8, 4) is 0 Å². The van der Waals surface area contributed by atoms with Crippen LogP contribution in [0.3, 0.4) is 0 Å². The van der Waals surface area contributed by atoms with Crippen LogP contribution < -0.4 is 10.6 Å². The minimum absolute atomic E-state index is 0.0355. The first kappa shape index (κ1) is 11.9. The zero-order chi connectivity index (χ0) is 11.3. The standard InChI is InChI=1S/C9H16N2O4/c12-5-3-7(9(14)15)11-8(13)6-2-1-4-10-6/h6-7,10,12H,1-5H2,(H,11,13)(H,14,15)/t6?,7-/m0/s1. The lowest BCUT2D eigenvalue weighted by Gasteiger charge is -2.16. The molecule has 1 fully saturated rings. The Morgan fingerprint density at radius 2 is 2.27 bits per heavy atom. The third kappa shape index (κ3) is 3.49. The summed E-state index contributed by atoms with van der Waals surface area (Å²) in [6.45, 7) is 0.533. The summed E-state index contributed by atoms with van der Waals surface area (Å²) in [5, 5.41) is 22.8. The second kappa shape index (κ2) is 5.67. The number of hydrogen-bond acceptors (Lipinski definition) is 4. The monoisotopic (exact) mass is 216 g/mol. The fourth-order valence-electron chi connectivity index (χ4n) is 1.57. The van der Waals surface area contributed by atoms with Gasteiger partial charge in [0.05, 0.1) is 6.04 Å². The summed E-state index contributed by atoms with van der Waals surface area (Å²) >= 11 is 0. The number of rotatable bonds is 5. The SMILES string of the molecule is O=C(N[C@@H](CCO)C(=O)O)C1CCCN1. The Kier molecular flexibility index (Phi) is 4.51. The molecule has 2 atom stereocenters. The van der Waals surface area contributed by atoms with E-state index in [1.54, 1.807) is 0 Å². The van der Waals surface area contributed by atoms with Crippen molar-refractivity contribution in [1.82, 2.24) is 10.6 Å². The van der Waals surface area contributed by atoms with Crippen molar-refractivity contribution in [2.24, 2.45) is 0 Å². The van der Waals surface area contributed by atoms with Gasteiger partial charge in [-0.3, -0.25) is 4.79 Å². The van der Waals surface area contributed by atoms with Gasteiger partial charge in [-0.2, -0.15) is 0 Å². The first-order valence-electron chi connectivity index (χ1n) is 5.02. The summed E-state index contributed by atoms with van der Waals surface area (Å²) in [5.41, 5.74) is 0. The van der Waals surface area contributed by atoms with Gasteiger partial charge in [-0.1, -0.05) is 0 Å². The topological polar surface area (TPSA) is 98.7 Å².